The fourth-order valence-corrected chi connectivity index (χ4v) is 10.8. The van der Waals surface area contributed by atoms with Gasteiger partial charge in [0.2, 0.25) is 0 Å². The molecule has 390 valence electrons. The van der Waals surface area contributed by atoms with E-state index < -0.39 is 24.0 Å². The number of rotatable bonds is 23. The Morgan fingerprint density at radius 2 is 1.34 bits per heavy atom. The van der Waals surface area contributed by atoms with Crippen molar-refractivity contribution in [2.45, 2.75) is 200 Å². The second kappa shape index (κ2) is 37.8. The van der Waals surface area contributed by atoms with Crippen LogP contribution in [0.1, 0.15) is 173 Å². The Bertz CT molecular complexity index is 1530. The van der Waals surface area contributed by atoms with E-state index in [-0.39, 0.29) is 29.6 Å². The van der Waals surface area contributed by atoms with E-state index in [1.54, 1.807) is 7.11 Å². The summed E-state index contributed by atoms with van der Waals surface area (Å²) in [5.41, 5.74) is 6.99. The third-order valence-electron chi connectivity index (χ3n) is 9.69. The molecule has 67 heavy (non-hydrogen) atoms. The molecule has 0 saturated heterocycles. The SMILES string of the molecule is CC(C)(C)OC=O.CCC.CCC(C)CCCC(C)CC=O.CCCN(CCN(CCC)CC(=O)OC(C)(C)C)CC(=O)NCc1cc(C2=NNC=NN2)cc[c]1[Sn]([CH3])([CH3])[CH3].COC(C)(C)C. The van der Waals surface area contributed by atoms with Crippen molar-refractivity contribution in [2.75, 3.05) is 46.4 Å². The third-order valence-corrected chi connectivity index (χ3v) is 15.7. The van der Waals surface area contributed by atoms with Crippen molar-refractivity contribution in [1.82, 2.24) is 26.0 Å². The molecule has 1 aliphatic rings. The van der Waals surface area contributed by atoms with Crippen molar-refractivity contribution in [2.24, 2.45) is 22.0 Å². The van der Waals surface area contributed by atoms with Crippen LogP contribution in [0.3, 0.4) is 0 Å². The molecule has 1 aromatic rings. The van der Waals surface area contributed by atoms with E-state index in [4.69, 9.17) is 9.47 Å². The Hall–Kier alpha value is -3.08. The number of aldehydes is 1. The molecule has 1 heterocycles. The summed E-state index contributed by atoms with van der Waals surface area (Å²) in [5.74, 6) is 1.88. The van der Waals surface area contributed by atoms with Crippen LogP contribution in [0.2, 0.25) is 14.8 Å². The average Bonchev–Trinajstić information content (AvgIpc) is 3.21. The number of nitrogens with zero attached hydrogens (tertiary/aromatic N) is 4. The van der Waals surface area contributed by atoms with Crippen molar-refractivity contribution >= 4 is 58.8 Å². The summed E-state index contributed by atoms with van der Waals surface area (Å²) >= 11 is -2.44. The number of amidine groups is 1. The molecule has 0 bridgehead atoms. The molecule has 15 heteroatoms. The number of esters is 1. The molecule has 0 radical (unpaired) electrons. The number of ether oxygens (including phenoxy) is 3. The molecule has 1 amide bonds. The van der Waals surface area contributed by atoms with Crippen LogP contribution in [0.25, 0.3) is 0 Å². The topological polar surface area (TPSA) is 163 Å². The standard InChI is InChI=1S/C25H40N7O3.C11H22O.C5H10O2.C5H12O.C3H8.3CH3.Sn/c1-6-11-31(13-14-32(12-7-2)18-23(34)35-25(3,4)5)17-22(33)26-16-20-9-8-10-21(15-20)24-29-27-19-28-30-24;1-4-10(2)6-5-7-11(3)8-9-12;1-5(2,3)7-4-6;1-5(2,3)6-4;1-3-2;;;;/h8,10,15,19H,6-7,11-14,16-18H2,1-5H3,(H,26,33)(H,27,28)(H,29,30);9-11H,4-8H2,1-3H3;4H,1-3H3;1-4H3;3H2,1-2H3;3*1H3;. The summed E-state index contributed by atoms with van der Waals surface area (Å²) < 4.78 is 16.4. The number of benzene rings is 1. The largest absolute Gasteiger partial charge is 0.379 e. The Labute approximate surface area is 414 Å². The predicted molar refractivity (Wildman–Crippen MR) is 285 cm³/mol. The van der Waals surface area contributed by atoms with Crippen molar-refractivity contribution in [3.8, 4) is 0 Å². The third kappa shape index (κ3) is 41.6. The zero-order chi connectivity index (χ0) is 52.3. The van der Waals surface area contributed by atoms with E-state index in [2.05, 4.69) is 122 Å². The normalized spacial score (nSPS) is 13.2. The Balaban J connectivity index is -0.00000118. The van der Waals surface area contributed by atoms with E-state index in [9.17, 15) is 19.2 Å². The number of nitrogens with one attached hydrogen (secondary N) is 3. The summed E-state index contributed by atoms with van der Waals surface area (Å²) in [6.45, 7) is 36.9. The molecule has 1 aliphatic heterocycles. The fourth-order valence-electron chi connectivity index (χ4n) is 5.90. The van der Waals surface area contributed by atoms with Gasteiger partial charge in [-0.2, -0.15) is 0 Å². The van der Waals surface area contributed by atoms with Crippen molar-refractivity contribution in [1.29, 1.82) is 0 Å². The summed E-state index contributed by atoms with van der Waals surface area (Å²) in [7, 11) is 1.71. The van der Waals surface area contributed by atoms with Crippen LogP contribution in [-0.4, -0.2) is 128 Å². The minimum atomic E-state index is -2.44. The number of amides is 1. The van der Waals surface area contributed by atoms with Crippen LogP contribution in [0.5, 0.6) is 0 Å². The quantitative estimate of drug-likeness (QED) is 0.0544. The summed E-state index contributed by atoms with van der Waals surface area (Å²) in [5, 5.41) is 11.5. The maximum absolute atomic E-state index is 13.1. The molecular weight excluding hydrogens is 953 g/mol. The molecule has 14 nitrogen and oxygen atoms in total. The van der Waals surface area contributed by atoms with Gasteiger partial charge in [0.15, 0.2) is 0 Å². The van der Waals surface area contributed by atoms with Crippen LogP contribution in [0.15, 0.2) is 28.4 Å². The summed E-state index contributed by atoms with van der Waals surface area (Å²) in [6, 6.07) is 6.36. The molecule has 0 aromatic heterocycles. The summed E-state index contributed by atoms with van der Waals surface area (Å²) in [6.07, 6.45) is 11.5. The molecule has 0 fully saturated rings. The predicted octanol–water partition coefficient (Wildman–Crippen LogP) is 9.64. The van der Waals surface area contributed by atoms with Gasteiger partial charge in [0.05, 0.1) is 5.60 Å². The van der Waals surface area contributed by atoms with Gasteiger partial charge in [-0.1, -0.05) is 73.6 Å². The first-order valence-electron chi connectivity index (χ1n) is 24.8. The fraction of sp³-hybridized carbons (Fsp3) is 0.769. The first-order chi connectivity index (χ1) is 31.1. The minimum Gasteiger partial charge on any atom is -0.379 e. The van der Waals surface area contributed by atoms with Gasteiger partial charge in [0, 0.05) is 13.5 Å². The number of hydrogen-bond donors (Lipinski definition) is 3. The van der Waals surface area contributed by atoms with Crippen LogP contribution >= 0.6 is 0 Å². The van der Waals surface area contributed by atoms with E-state index in [0.29, 0.717) is 44.4 Å². The Morgan fingerprint density at radius 3 is 1.75 bits per heavy atom. The van der Waals surface area contributed by atoms with Crippen LogP contribution in [0.4, 0.5) is 0 Å². The second-order valence-corrected chi connectivity index (χ2v) is 35.7. The van der Waals surface area contributed by atoms with E-state index in [1.807, 2.05) is 62.3 Å². The molecule has 2 unspecified atom stereocenters. The number of hydrogen-bond acceptors (Lipinski definition) is 13. The molecule has 0 saturated carbocycles. The van der Waals surface area contributed by atoms with Gasteiger partial charge in [0.25, 0.3) is 6.47 Å². The van der Waals surface area contributed by atoms with E-state index in [1.165, 1.54) is 42.0 Å². The van der Waals surface area contributed by atoms with Crippen LogP contribution in [0, 0.1) is 11.8 Å². The maximum Gasteiger partial charge on any atom is 0.0594 e. The van der Waals surface area contributed by atoms with Crippen molar-refractivity contribution in [3.05, 3.63) is 29.3 Å². The number of hydrazone groups is 2. The molecule has 2 rings (SSSR count). The first-order valence-corrected chi connectivity index (χ1v) is 34.8. The van der Waals surface area contributed by atoms with E-state index >= 15 is 0 Å². The minimum absolute atomic E-state index is 0.00232. The average molecular weight is 1060 g/mol. The van der Waals surface area contributed by atoms with Crippen LogP contribution in [-0.2, 0) is 39.9 Å². The monoisotopic (exact) mass is 1060 g/mol. The first kappa shape index (κ1) is 68.2. The molecular formula is C52H101N7O7Sn. The van der Waals surface area contributed by atoms with Crippen molar-refractivity contribution in [3.63, 3.8) is 0 Å². The maximum atomic E-state index is 13.1. The van der Waals surface area contributed by atoms with Gasteiger partial charge < -0.3 is 19.0 Å². The zero-order valence-corrected chi connectivity index (χ0v) is 49.2. The van der Waals surface area contributed by atoms with Gasteiger partial charge in [-0.3, -0.25) is 9.59 Å². The molecule has 2 atom stereocenters. The second-order valence-electron chi connectivity index (χ2n) is 21.3. The van der Waals surface area contributed by atoms with Crippen molar-refractivity contribution < 1.29 is 33.4 Å². The van der Waals surface area contributed by atoms with Gasteiger partial charge in [-0.05, 0) is 74.1 Å². The molecule has 1 aromatic carbocycles. The molecule has 0 spiro atoms. The number of carbonyl (C=O) groups is 4. The molecule has 3 N–H and O–H groups in total. The van der Waals surface area contributed by atoms with Gasteiger partial charge in [-0.15, -0.1) is 0 Å². The Kier molecular flexibility index (Phi) is 38.4. The van der Waals surface area contributed by atoms with Gasteiger partial charge in [-0.25, -0.2) is 0 Å². The number of carbonyl (C=O) groups excluding carboxylic acids is 4. The van der Waals surface area contributed by atoms with Crippen LogP contribution < -0.4 is 19.7 Å². The zero-order valence-electron chi connectivity index (χ0n) is 46.4. The summed E-state index contributed by atoms with van der Waals surface area (Å²) in [4.78, 5) is 56.6. The molecule has 0 aliphatic carbocycles. The smallest absolute Gasteiger partial charge is 0.0594 e. The number of methoxy groups -OCH3 is 1. The van der Waals surface area contributed by atoms with E-state index in [0.717, 1.165) is 55.7 Å². The van der Waals surface area contributed by atoms with Gasteiger partial charge >= 0.3 is 197 Å². The Morgan fingerprint density at radius 1 is 0.806 bits per heavy atom. The van der Waals surface area contributed by atoms with Gasteiger partial charge in [0.1, 0.15) is 17.5 Å².